The Morgan fingerprint density at radius 2 is 2.15 bits per heavy atom. The molecule has 1 fully saturated rings. The highest BCUT2D eigenvalue weighted by Gasteiger charge is 2.16. The molecule has 138 valence electrons. The maximum absolute atomic E-state index is 12.1. The van der Waals surface area contributed by atoms with Crippen LogP contribution in [0.5, 0.6) is 5.75 Å². The maximum atomic E-state index is 12.1. The Morgan fingerprint density at radius 1 is 1.35 bits per heavy atom. The van der Waals surface area contributed by atoms with E-state index in [-0.39, 0.29) is 18.6 Å². The molecule has 1 amide bonds. The van der Waals surface area contributed by atoms with Gasteiger partial charge in [-0.2, -0.15) is 0 Å². The van der Waals surface area contributed by atoms with Gasteiger partial charge in [0.1, 0.15) is 19.0 Å². The minimum atomic E-state index is -0.440. The van der Waals surface area contributed by atoms with Gasteiger partial charge in [-0.3, -0.25) is 4.79 Å². The smallest absolute Gasteiger partial charge is 0.338 e. The van der Waals surface area contributed by atoms with Crippen LogP contribution >= 0.6 is 11.3 Å². The average Bonchev–Trinajstić information content (AvgIpc) is 3.30. The largest absolute Gasteiger partial charge is 0.491 e. The van der Waals surface area contributed by atoms with Gasteiger partial charge in [0.2, 0.25) is 5.91 Å². The Labute approximate surface area is 155 Å². The second-order valence-electron chi connectivity index (χ2n) is 5.87. The number of nitrogens with one attached hydrogen (secondary N) is 1. The Bertz CT molecular complexity index is 753. The predicted molar refractivity (Wildman–Crippen MR) is 96.4 cm³/mol. The molecule has 7 nitrogen and oxygen atoms in total. The number of thiazole rings is 1. The van der Waals surface area contributed by atoms with E-state index in [0.717, 1.165) is 19.4 Å². The molecular weight excluding hydrogens is 356 g/mol. The third kappa shape index (κ3) is 5.27. The van der Waals surface area contributed by atoms with Crippen molar-refractivity contribution in [2.45, 2.75) is 32.5 Å². The lowest BCUT2D eigenvalue weighted by Crippen LogP contribution is -2.16. The first-order chi connectivity index (χ1) is 12.6. The number of hydrogen-bond donors (Lipinski definition) is 1. The number of anilines is 1. The lowest BCUT2D eigenvalue weighted by Gasteiger charge is -2.11. The van der Waals surface area contributed by atoms with E-state index in [1.165, 1.54) is 18.3 Å². The molecule has 2 aromatic rings. The molecule has 1 aromatic heterocycles. The molecule has 26 heavy (non-hydrogen) atoms. The molecule has 1 aliphatic rings. The Balaban J connectivity index is 1.46. The Kier molecular flexibility index (Phi) is 6.19. The number of ether oxygens (including phenoxy) is 3. The second-order valence-corrected chi connectivity index (χ2v) is 6.73. The molecule has 0 unspecified atom stereocenters. The van der Waals surface area contributed by atoms with Gasteiger partial charge in [0, 0.05) is 18.9 Å². The summed E-state index contributed by atoms with van der Waals surface area (Å²) in [5, 5.41) is 4.81. The molecule has 2 heterocycles. The first-order valence-electron chi connectivity index (χ1n) is 8.34. The van der Waals surface area contributed by atoms with Crippen molar-refractivity contribution in [3.05, 3.63) is 40.9 Å². The average molecular weight is 376 g/mol. The van der Waals surface area contributed by atoms with Gasteiger partial charge in [-0.1, -0.05) is 0 Å². The fourth-order valence-corrected chi connectivity index (χ4v) is 3.20. The number of carbonyl (C=O) groups excluding carboxylic acids is 2. The molecule has 0 bridgehead atoms. The lowest BCUT2D eigenvalue weighted by molar-refractivity contribution is -0.114. The third-order valence-electron chi connectivity index (χ3n) is 3.74. The zero-order valence-corrected chi connectivity index (χ0v) is 15.2. The van der Waals surface area contributed by atoms with Gasteiger partial charge in [0.25, 0.3) is 0 Å². The van der Waals surface area contributed by atoms with E-state index in [4.69, 9.17) is 14.2 Å². The second kappa shape index (κ2) is 8.77. The van der Waals surface area contributed by atoms with Crippen molar-refractivity contribution >= 4 is 28.3 Å². The van der Waals surface area contributed by atoms with E-state index in [9.17, 15) is 9.59 Å². The van der Waals surface area contributed by atoms with Crippen LogP contribution in [0.1, 0.15) is 35.8 Å². The SMILES string of the molecule is CC(=O)Nc1nc(COC(=O)c2ccc(OC[C@@H]3CCCO3)cc2)cs1. The summed E-state index contributed by atoms with van der Waals surface area (Å²) in [6, 6.07) is 6.81. The summed E-state index contributed by atoms with van der Waals surface area (Å²) in [6.45, 7) is 2.77. The number of esters is 1. The zero-order valence-electron chi connectivity index (χ0n) is 14.4. The number of benzene rings is 1. The van der Waals surface area contributed by atoms with Crippen molar-refractivity contribution in [3.8, 4) is 5.75 Å². The summed E-state index contributed by atoms with van der Waals surface area (Å²) < 4.78 is 16.4. The molecular formula is C18H20N2O5S. The normalized spacial score (nSPS) is 16.3. The van der Waals surface area contributed by atoms with Crippen molar-refractivity contribution in [1.29, 1.82) is 0 Å². The predicted octanol–water partition coefficient (Wildman–Crippen LogP) is 3.02. The number of hydrogen-bond acceptors (Lipinski definition) is 7. The van der Waals surface area contributed by atoms with Gasteiger partial charge in [0.05, 0.1) is 17.4 Å². The van der Waals surface area contributed by atoms with Gasteiger partial charge < -0.3 is 19.5 Å². The summed E-state index contributed by atoms with van der Waals surface area (Å²) in [5.41, 5.74) is 1.02. The molecule has 0 spiro atoms. The van der Waals surface area contributed by atoms with Gasteiger partial charge in [-0.25, -0.2) is 9.78 Å². The summed E-state index contributed by atoms with van der Waals surface area (Å²) in [4.78, 5) is 27.2. The maximum Gasteiger partial charge on any atom is 0.338 e. The molecule has 0 aliphatic carbocycles. The van der Waals surface area contributed by atoms with Crippen LogP contribution in [0.25, 0.3) is 0 Å². The third-order valence-corrected chi connectivity index (χ3v) is 4.54. The fraction of sp³-hybridized carbons (Fsp3) is 0.389. The van der Waals surface area contributed by atoms with Crippen LogP contribution in [-0.2, 0) is 20.9 Å². The highest BCUT2D eigenvalue weighted by Crippen LogP contribution is 2.18. The van der Waals surface area contributed by atoms with Crippen molar-refractivity contribution in [2.75, 3.05) is 18.5 Å². The number of amides is 1. The topological polar surface area (TPSA) is 86.8 Å². The van der Waals surface area contributed by atoms with E-state index in [2.05, 4.69) is 10.3 Å². The number of rotatable bonds is 7. The van der Waals surface area contributed by atoms with E-state index in [0.29, 0.717) is 28.7 Å². The van der Waals surface area contributed by atoms with Crippen LogP contribution in [0.15, 0.2) is 29.6 Å². The molecule has 0 radical (unpaired) electrons. The molecule has 0 saturated carbocycles. The zero-order chi connectivity index (χ0) is 18.4. The quantitative estimate of drug-likeness (QED) is 0.748. The molecule has 1 atom stereocenters. The van der Waals surface area contributed by atoms with Crippen LogP contribution in [0, 0.1) is 0 Å². The molecule has 1 saturated heterocycles. The summed E-state index contributed by atoms with van der Waals surface area (Å²) >= 11 is 1.28. The highest BCUT2D eigenvalue weighted by atomic mass is 32.1. The Morgan fingerprint density at radius 3 is 2.85 bits per heavy atom. The highest BCUT2D eigenvalue weighted by molar-refractivity contribution is 7.13. The van der Waals surface area contributed by atoms with Crippen molar-refractivity contribution in [3.63, 3.8) is 0 Å². The summed E-state index contributed by atoms with van der Waals surface area (Å²) in [7, 11) is 0. The van der Waals surface area contributed by atoms with Gasteiger partial charge in [-0.05, 0) is 37.1 Å². The number of aromatic nitrogens is 1. The molecule has 1 N–H and O–H groups in total. The van der Waals surface area contributed by atoms with Crippen LogP contribution in [-0.4, -0.2) is 36.2 Å². The van der Waals surface area contributed by atoms with Crippen LogP contribution in [0.4, 0.5) is 5.13 Å². The summed E-state index contributed by atoms with van der Waals surface area (Å²) in [6.07, 6.45) is 2.24. The molecule has 1 aromatic carbocycles. The lowest BCUT2D eigenvalue weighted by atomic mass is 10.2. The molecule has 1 aliphatic heterocycles. The van der Waals surface area contributed by atoms with Gasteiger partial charge in [-0.15, -0.1) is 11.3 Å². The molecule has 3 rings (SSSR count). The van der Waals surface area contributed by atoms with Crippen molar-refractivity contribution in [1.82, 2.24) is 4.98 Å². The van der Waals surface area contributed by atoms with Crippen LogP contribution in [0.2, 0.25) is 0 Å². The van der Waals surface area contributed by atoms with Crippen LogP contribution in [0.3, 0.4) is 0 Å². The van der Waals surface area contributed by atoms with Crippen LogP contribution < -0.4 is 10.1 Å². The van der Waals surface area contributed by atoms with Crippen molar-refractivity contribution < 1.29 is 23.8 Å². The van der Waals surface area contributed by atoms with E-state index in [1.54, 1.807) is 29.6 Å². The van der Waals surface area contributed by atoms with Crippen molar-refractivity contribution in [2.24, 2.45) is 0 Å². The first kappa shape index (κ1) is 18.3. The van der Waals surface area contributed by atoms with E-state index >= 15 is 0 Å². The van der Waals surface area contributed by atoms with E-state index in [1.807, 2.05) is 0 Å². The first-order valence-corrected chi connectivity index (χ1v) is 9.22. The van der Waals surface area contributed by atoms with Gasteiger partial charge in [0.15, 0.2) is 5.13 Å². The molecule has 8 heteroatoms. The Hall–Kier alpha value is -2.45. The van der Waals surface area contributed by atoms with Gasteiger partial charge >= 0.3 is 5.97 Å². The number of nitrogens with zero attached hydrogens (tertiary/aromatic N) is 1. The summed E-state index contributed by atoms with van der Waals surface area (Å²) in [5.74, 6) is 0.0611. The minimum Gasteiger partial charge on any atom is -0.491 e. The standard InChI is InChI=1S/C18H20N2O5S/c1-12(21)19-18-20-14(11-26-18)9-25-17(22)13-4-6-15(7-5-13)24-10-16-3-2-8-23-16/h4-7,11,16H,2-3,8-10H2,1H3,(H,19,20,21)/t16-/m0/s1. The minimum absolute atomic E-state index is 0.0478. The van der Waals surface area contributed by atoms with E-state index < -0.39 is 5.97 Å². The number of carbonyl (C=O) groups is 2. The fourth-order valence-electron chi connectivity index (χ4n) is 2.46. The monoisotopic (exact) mass is 376 g/mol.